The van der Waals surface area contributed by atoms with Crippen LogP contribution in [0.25, 0.3) is 0 Å². The van der Waals surface area contributed by atoms with Gasteiger partial charge in [-0.1, -0.05) is 72.3 Å². The topological polar surface area (TPSA) is 66.9 Å². The van der Waals surface area contributed by atoms with Gasteiger partial charge in [-0.3, -0.25) is 4.79 Å². The van der Waals surface area contributed by atoms with Gasteiger partial charge in [0.25, 0.3) is 0 Å². The smallest absolute Gasteiger partial charge is 0.223 e. The van der Waals surface area contributed by atoms with Crippen molar-refractivity contribution in [1.82, 2.24) is 9.21 Å². The third-order valence-electron chi connectivity index (χ3n) is 6.78. The summed E-state index contributed by atoms with van der Waals surface area (Å²) in [6.07, 6.45) is 1.57. The van der Waals surface area contributed by atoms with E-state index in [1.165, 1.54) is 4.31 Å². The zero-order valence-corrected chi connectivity index (χ0v) is 22.6. The highest BCUT2D eigenvalue weighted by molar-refractivity contribution is 7.88. The number of rotatable bonds is 10. The van der Waals surface area contributed by atoms with Gasteiger partial charge < -0.3 is 9.64 Å². The molecule has 4 rings (SSSR count). The summed E-state index contributed by atoms with van der Waals surface area (Å²) in [5.74, 6) is 0.562. The fourth-order valence-electron chi connectivity index (χ4n) is 4.75. The molecule has 0 aliphatic carbocycles. The van der Waals surface area contributed by atoms with E-state index in [0.717, 1.165) is 5.56 Å². The van der Waals surface area contributed by atoms with Crippen molar-refractivity contribution in [2.75, 3.05) is 26.7 Å². The van der Waals surface area contributed by atoms with Gasteiger partial charge in [-0.2, -0.15) is 0 Å². The quantitative estimate of drug-likeness (QED) is 0.346. The average Bonchev–Trinajstić information content (AvgIpc) is 2.90. The van der Waals surface area contributed by atoms with E-state index in [1.54, 1.807) is 36.2 Å². The average molecular weight is 541 g/mol. The molecule has 37 heavy (non-hydrogen) atoms. The molecule has 0 spiro atoms. The molecule has 1 heterocycles. The van der Waals surface area contributed by atoms with Crippen LogP contribution >= 0.6 is 11.6 Å². The number of para-hydroxylation sites is 1. The van der Waals surface area contributed by atoms with Crippen LogP contribution in [0.15, 0.2) is 84.9 Å². The van der Waals surface area contributed by atoms with Crippen molar-refractivity contribution in [1.29, 1.82) is 0 Å². The van der Waals surface area contributed by atoms with Crippen LogP contribution in [0.3, 0.4) is 0 Å². The van der Waals surface area contributed by atoms with E-state index < -0.39 is 15.4 Å². The largest absolute Gasteiger partial charge is 0.493 e. The first-order valence-electron chi connectivity index (χ1n) is 12.4. The molecule has 3 aromatic carbocycles. The first-order valence-corrected chi connectivity index (χ1v) is 14.4. The fourth-order valence-corrected chi connectivity index (χ4v) is 6.55. The van der Waals surface area contributed by atoms with Gasteiger partial charge in [0.15, 0.2) is 0 Å². The lowest BCUT2D eigenvalue weighted by Crippen LogP contribution is -2.50. The summed E-state index contributed by atoms with van der Waals surface area (Å²) in [7, 11) is -1.81. The van der Waals surface area contributed by atoms with Crippen LogP contribution in [0, 0.1) is 5.41 Å². The summed E-state index contributed by atoms with van der Waals surface area (Å²) in [5.41, 5.74) is 1.09. The van der Waals surface area contributed by atoms with Crippen molar-refractivity contribution < 1.29 is 17.9 Å². The first-order chi connectivity index (χ1) is 17.7. The van der Waals surface area contributed by atoms with E-state index in [1.807, 2.05) is 60.7 Å². The molecule has 196 valence electrons. The second-order valence-corrected chi connectivity index (χ2v) is 12.2. The number of hydrogen-bond donors (Lipinski definition) is 0. The van der Waals surface area contributed by atoms with Crippen LogP contribution in [-0.4, -0.2) is 50.3 Å². The molecule has 1 saturated heterocycles. The third kappa shape index (κ3) is 7.57. The van der Waals surface area contributed by atoms with Gasteiger partial charge in [0, 0.05) is 43.5 Å². The van der Waals surface area contributed by atoms with Crippen LogP contribution in [0.2, 0.25) is 5.02 Å². The lowest BCUT2D eigenvalue weighted by atomic mass is 9.78. The maximum absolute atomic E-state index is 13.4. The minimum Gasteiger partial charge on any atom is -0.493 e. The summed E-state index contributed by atoms with van der Waals surface area (Å²) in [4.78, 5) is 15.1. The molecule has 0 bridgehead atoms. The molecule has 0 radical (unpaired) electrons. The molecule has 3 aromatic rings. The number of piperidine rings is 1. The summed E-state index contributed by atoms with van der Waals surface area (Å²) in [6, 6.07) is 26.1. The molecular formula is C29H33ClN2O4S. The minimum atomic E-state index is -3.60. The van der Waals surface area contributed by atoms with Crippen molar-refractivity contribution in [2.24, 2.45) is 5.41 Å². The van der Waals surface area contributed by atoms with Gasteiger partial charge in [0.2, 0.25) is 15.9 Å². The first kappa shape index (κ1) is 27.2. The number of halogens is 1. The molecule has 1 fully saturated rings. The Bertz CT molecular complexity index is 1270. The van der Waals surface area contributed by atoms with Gasteiger partial charge >= 0.3 is 0 Å². The zero-order chi connectivity index (χ0) is 26.3. The molecule has 0 aromatic heterocycles. The highest BCUT2D eigenvalue weighted by Gasteiger charge is 2.42. The lowest BCUT2D eigenvalue weighted by Gasteiger charge is -2.42. The molecular weight excluding hydrogens is 508 g/mol. The SMILES string of the molecule is CN(Cc1ccccc1)C(=O)CC1(COc2ccccc2)CCCN(S(=O)(=O)Cc2ccc(Cl)cc2)C1. The van der Waals surface area contributed by atoms with Crippen LogP contribution in [-0.2, 0) is 27.1 Å². The molecule has 1 unspecified atom stereocenters. The van der Waals surface area contributed by atoms with Gasteiger partial charge in [0.05, 0.1) is 12.4 Å². The zero-order valence-electron chi connectivity index (χ0n) is 21.1. The van der Waals surface area contributed by atoms with E-state index in [0.29, 0.717) is 42.3 Å². The van der Waals surface area contributed by atoms with Gasteiger partial charge in [-0.05, 0) is 48.2 Å². The highest BCUT2D eigenvalue weighted by atomic mass is 35.5. The summed E-state index contributed by atoms with van der Waals surface area (Å²) in [6.45, 7) is 1.42. The molecule has 8 heteroatoms. The van der Waals surface area contributed by atoms with Crippen molar-refractivity contribution in [3.63, 3.8) is 0 Å². The van der Waals surface area contributed by atoms with E-state index in [2.05, 4.69) is 0 Å². The number of benzene rings is 3. The number of carbonyl (C=O) groups excluding carboxylic acids is 1. The normalized spacial score (nSPS) is 18.3. The second-order valence-electron chi connectivity index (χ2n) is 9.83. The predicted octanol–water partition coefficient (Wildman–Crippen LogP) is 5.38. The standard InChI is InChI=1S/C29H33ClN2O4S/c1-31(20-24-9-4-2-5-10-24)28(33)19-29(23-36-27-11-6-3-7-12-27)17-8-18-32(22-29)37(34,35)21-25-13-15-26(30)16-14-25/h2-7,9-16H,8,17-23H2,1H3. The van der Waals surface area contributed by atoms with E-state index >= 15 is 0 Å². The van der Waals surface area contributed by atoms with Crippen LogP contribution in [0.4, 0.5) is 0 Å². The van der Waals surface area contributed by atoms with Gasteiger partial charge in [0.1, 0.15) is 5.75 Å². The van der Waals surface area contributed by atoms with Crippen LogP contribution in [0.5, 0.6) is 5.75 Å². The van der Waals surface area contributed by atoms with Crippen LogP contribution < -0.4 is 4.74 Å². The maximum Gasteiger partial charge on any atom is 0.223 e. The Labute approximate surface area is 224 Å². The maximum atomic E-state index is 13.4. The molecule has 0 saturated carbocycles. The minimum absolute atomic E-state index is 0.0301. The number of sulfonamides is 1. The molecule has 0 N–H and O–H groups in total. The van der Waals surface area contributed by atoms with E-state index in [9.17, 15) is 13.2 Å². The number of ether oxygens (including phenoxy) is 1. The summed E-state index contributed by atoms with van der Waals surface area (Å²) in [5, 5.41) is 0.564. The molecule has 6 nitrogen and oxygen atoms in total. The molecule has 1 aliphatic heterocycles. The Hall–Kier alpha value is -2.87. The Kier molecular flexibility index (Phi) is 8.90. The van der Waals surface area contributed by atoms with Gasteiger partial charge in [-0.15, -0.1) is 0 Å². The Morgan fingerprint density at radius 1 is 0.973 bits per heavy atom. The Balaban J connectivity index is 1.52. The number of amides is 1. The lowest BCUT2D eigenvalue weighted by molar-refractivity contribution is -0.134. The number of hydrogen-bond acceptors (Lipinski definition) is 4. The number of nitrogens with zero attached hydrogens (tertiary/aromatic N) is 2. The van der Waals surface area contributed by atoms with Crippen molar-refractivity contribution in [3.05, 3.63) is 101 Å². The predicted molar refractivity (Wildman–Crippen MR) is 147 cm³/mol. The van der Waals surface area contributed by atoms with Crippen molar-refractivity contribution >= 4 is 27.5 Å². The van der Waals surface area contributed by atoms with Crippen molar-refractivity contribution in [3.8, 4) is 5.75 Å². The summed E-state index contributed by atoms with van der Waals surface area (Å²) >= 11 is 5.97. The monoisotopic (exact) mass is 540 g/mol. The molecule has 1 atom stereocenters. The Morgan fingerprint density at radius 2 is 1.62 bits per heavy atom. The van der Waals surface area contributed by atoms with E-state index in [-0.39, 0.29) is 31.2 Å². The van der Waals surface area contributed by atoms with Crippen LogP contribution in [0.1, 0.15) is 30.4 Å². The molecule has 1 amide bonds. The molecule has 1 aliphatic rings. The van der Waals surface area contributed by atoms with Gasteiger partial charge in [-0.25, -0.2) is 12.7 Å². The summed E-state index contributed by atoms with van der Waals surface area (Å²) < 4.78 is 34.5. The fraction of sp³-hybridized carbons (Fsp3) is 0.345. The van der Waals surface area contributed by atoms with Crippen molar-refractivity contribution in [2.45, 2.75) is 31.6 Å². The second kappa shape index (κ2) is 12.1. The number of carbonyl (C=O) groups is 1. The third-order valence-corrected chi connectivity index (χ3v) is 8.83. The highest BCUT2D eigenvalue weighted by Crippen LogP contribution is 2.37. The Morgan fingerprint density at radius 3 is 2.30 bits per heavy atom. The van der Waals surface area contributed by atoms with E-state index in [4.69, 9.17) is 16.3 Å².